The van der Waals surface area contributed by atoms with Crippen LogP contribution < -0.4 is 14.8 Å². The van der Waals surface area contributed by atoms with Gasteiger partial charge in [0.05, 0.1) is 6.61 Å². The van der Waals surface area contributed by atoms with E-state index in [0.29, 0.717) is 18.7 Å². The molecule has 2 unspecified atom stereocenters. The van der Waals surface area contributed by atoms with Crippen LogP contribution in [0.4, 0.5) is 18.3 Å². The maximum atomic E-state index is 14.6. The molecule has 0 saturated carbocycles. The first kappa shape index (κ1) is 22.5. The summed E-state index contributed by atoms with van der Waals surface area (Å²) in [5, 5.41) is 3.17. The highest BCUT2D eigenvalue weighted by Gasteiger charge is 2.28. The summed E-state index contributed by atoms with van der Waals surface area (Å²) in [4.78, 5) is 2.80. The zero-order chi connectivity index (χ0) is 22.7. The van der Waals surface area contributed by atoms with Gasteiger partial charge in [0.15, 0.2) is 11.6 Å². The van der Waals surface area contributed by atoms with Gasteiger partial charge in [-0.15, -0.1) is 0 Å². The summed E-state index contributed by atoms with van der Waals surface area (Å²) in [6, 6.07) is 7.49. The summed E-state index contributed by atoms with van der Waals surface area (Å²) in [6.07, 6.45) is 1.92. The van der Waals surface area contributed by atoms with Crippen molar-refractivity contribution in [2.24, 2.45) is 5.92 Å². The first-order chi connectivity index (χ1) is 15.3. The Labute approximate surface area is 186 Å². The fourth-order valence-electron chi connectivity index (χ4n) is 3.66. The van der Waals surface area contributed by atoms with Crippen molar-refractivity contribution in [3.05, 3.63) is 65.7 Å². The van der Waals surface area contributed by atoms with Gasteiger partial charge >= 0.3 is 0 Å². The van der Waals surface area contributed by atoms with E-state index >= 15 is 0 Å². The molecule has 170 valence electrons. The molecule has 4 rings (SSSR count). The second kappa shape index (κ2) is 9.43. The van der Waals surface area contributed by atoms with Crippen LogP contribution in [0.1, 0.15) is 17.9 Å². The summed E-state index contributed by atoms with van der Waals surface area (Å²) in [7, 11) is -4.39. The van der Waals surface area contributed by atoms with Crippen molar-refractivity contribution >= 4 is 26.7 Å². The van der Waals surface area contributed by atoms with Crippen molar-refractivity contribution in [1.29, 1.82) is 0 Å². The van der Waals surface area contributed by atoms with E-state index in [1.165, 1.54) is 12.1 Å². The SMILES string of the molecule is O=S(=O)(Nc1ncns1)c1cc(F)c(OCC2CNCCC2c2ccc(F)cc2)cc1F. The Morgan fingerprint density at radius 1 is 1.16 bits per heavy atom. The highest BCUT2D eigenvalue weighted by Crippen LogP contribution is 2.32. The van der Waals surface area contributed by atoms with Crippen molar-refractivity contribution in [2.45, 2.75) is 17.2 Å². The van der Waals surface area contributed by atoms with Gasteiger partial charge in [0, 0.05) is 36.1 Å². The van der Waals surface area contributed by atoms with Crippen LogP contribution in [0.15, 0.2) is 47.6 Å². The lowest BCUT2D eigenvalue weighted by Crippen LogP contribution is -2.38. The van der Waals surface area contributed by atoms with Crippen LogP contribution in [0.2, 0.25) is 0 Å². The van der Waals surface area contributed by atoms with Gasteiger partial charge in [-0.1, -0.05) is 12.1 Å². The third-order valence-electron chi connectivity index (χ3n) is 5.22. The van der Waals surface area contributed by atoms with E-state index in [-0.39, 0.29) is 35.1 Å². The number of nitrogens with zero attached hydrogens (tertiary/aromatic N) is 2. The lowest BCUT2D eigenvalue weighted by molar-refractivity contribution is 0.190. The zero-order valence-electron chi connectivity index (χ0n) is 16.6. The minimum Gasteiger partial charge on any atom is -0.490 e. The molecule has 1 aliphatic rings. The van der Waals surface area contributed by atoms with Crippen molar-refractivity contribution in [3.8, 4) is 5.75 Å². The molecule has 2 aromatic carbocycles. The topological polar surface area (TPSA) is 93.2 Å². The molecule has 0 spiro atoms. The Balaban J connectivity index is 1.49. The van der Waals surface area contributed by atoms with Crippen LogP contribution in [0.5, 0.6) is 5.75 Å². The van der Waals surface area contributed by atoms with Crippen LogP contribution in [-0.4, -0.2) is 37.5 Å². The van der Waals surface area contributed by atoms with Crippen molar-refractivity contribution in [1.82, 2.24) is 14.7 Å². The number of nitrogens with one attached hydrogen (secondary N) is 2. The van der Waals surface area contributed by atoms with E-state index in [1.54, 1.807) is 12.1 Å². The molecule has 2 atom stereocenters. The predicted molar refractivity (Wildman–Crippen MR) is 113 cm³/mol. The van der Waals surface area contributed by atoms with Gasteiger partial charge in [-0.25, -0.2) is 26.6 Å². The third kappa shape index (κ3) is 5.03. The van der Waals surface area contributed by atoms with Crippen LogP contribution in [0.25, 0.3) is 0 Å². The standard InChI is InChI=1S/C20H19F3N4O3S2/c21-14-3-1-12(2-4-14)15-5-6-24-9-13(15)10-30-18-7-17(23)19(8-16(18)22)32(28,29)27-20-25-11-26-31-20/h1-4,7-8,11,13,15,24H,5-6,9-10H2,(H,25,26,27). The summed E-state index contributed by atoms with van der Waals surface area (Å²) in [6.45, 7) is 1.43. The Morgan fingerprint density at radius 2 is 1.94 bits per heavy atom. The largest absolute Gasteiger partial charge is 0.490 e. The van der Waals surface area contributed by atoms with E-state index in [4.69, 9.17) is 4.74 Å². The molecule has 2 N–H and O–H groups in total. The average molecular weight is 485 g/mol. The Bertz CT molecular complexity index is 1180. The van der Waals surface area contributed by atoms with Gasteiger partial charge < -0.3 is 10.1 Å². The predicted octanol–water partition coefficient (Wildman–Crippen LogP) is 3.53. The molecule has 32 heavy (non-hydrogen) atoms. The Hall–Kier alpha value is -2.70. The highest BCUT2D eigenvalue weighted by molar-refractivity contribution is 7.93. The van der Waals surface area contributed by atoms with Gasteiger partial charge in [0.2, 0.25) is 5.13 Å². The number of piperidine rings is 1. The molecule has 7 nitrogen and oxygen atoms in total. The number of benzene rings is 2. The molecule has 1 saturated heterocycles. The van der Waals surface area contributed by atoms with Gasteiger partial charge in [-0.3, -0.25) is 4.72 Å². The van der Waals surface area contributed by atoms with Gasteiger partial charge in [0.25, 0.3) is 10.0 Å². The Morgan fingerprint density at radius 3 is 2.66 bits per heavy atom. The molecule has 0 aliphatic carbocycles. The zero-order valence-corrected chi connectivity index (χ0v) is 18.2. The van der Waals surface area contributed by atoms with Gasteiger partial charge in [-0.05, 0) is 36.6 Å². The first-order valence-corrected chi connectivity index (χ1v) is 12.0. The van der Waals surface area contributed by atoms with Crippen molar-refractivity contribution in [3.63, 3.8) is 0 Å². The first-order valence-electron chi connectivity index (χ1n) is 9.71. The van der Waals surface area contributed by atoms with E-state index in [2.05, 4.69) is 14.7 Å². The number of sulfonamides is 1. The van der Waals surface area contributed by atoms with Crippen LogP contribution >= 0.6 is 11.5 Å². The number of ether oxygens (including phenoxy) is 1. The maximum Gasteiger partial charge on any atom is 0.266 e. The third-order valence-corrected chi connectivity index (χ3v) is 7.28. The summed E-state index contributed by atoms with van der Waals surface area (Å²) < 4.78 is 78.4. The molecule has 2 heterocycles. The number of anilines is 1. The smallest absolute Gasteiger partial charge is 0.266 e. The maximum absolute atomic E-state index is 14.6. The fourth-order valence-corrected chi connectivity index (χ4v) is 5.39. The quantitative estimate of drug-likeness (QED) is 0.533. The summed E-state index contributed by atoms with van der Waals surface area (Å²) >= 11 is 0.762. The Kier molecular flexibility index (Phi) is 6.63. The molecule has 12 heteroatoms. The van der Waals surface area contributed by atoms with Crippen LogP contribution in [-0.2, 0) is 10.0 Å². The fraction of sp³-hybridized carbons (Fsp3) is 0.300. The highest BCUT2D eigenvalue weighted by atomic mass is 32.2. The van der Waals surface area contributed by atoms with E-state index < -0.39 is 26.6 Å². The molecule has 1 aliphatic heterocycles. The molecular formula is C20H19F3N4O3S2. The molecular weight excluding hydrogens is 465 g/mol. The molecule has 0 amide bonds. The molecule has 0 bridgehead atoms. The molecule has 0 radical (unpaired) electrons. The summed E-state index contributed by atoms with van der Waals surface area (Å²) in [5.41, 5.74) is 0.942. The number of hydrogen-bond donors (Lipinski definition) is 2. The average Bonchev–Trinajstić information content (AvgIpc) is 3.27. The van der Waals surface area contributed by atoms with E-state index in [0.717, 1.165) is 36.4 Å². The lowest BCUT2D eigenvalue weighted by Gasteiger charge is -2.32. The van der Waals surface area contributed by atoms with Crippen molar-refractivity contribution < 1.29 is 26.3 Å². The molecule has 1 aromatic heterocycles. The normalized spacial score (nSPS) is 19.0. The van der Waals surface area contributed by atoms with Gasteiger partial charge in [-0.2, -0.15) is 4.37 Å². The lowest BCUT2D eigenvalue weighted by atomic mass is 9.81. The van der Waals surface area contributed by atoms with E-state index in [1.807, 2.05) is 4.72 Å². The second-order valence-corrected chi connectivity index (χ2v) is 9.72. The van der Waals surface area contributed by atoms with E-state index in [9.17, 15) is 21.6 Å². The second-order valence-electron chi connectivity index (χ2n) is 7.29. The monoisotopic (exact) mass is 484 g/mol. The number of aromatic nitrogens is 2. The summed E-state index contributed by atoms with van der Waals surface area (Å²) in [5.74, 6) is -2.90. The number of halogens is 3. The minimum atomic E-state index is -4.39. The number of hydrogen-bond acceptors (Lipinski definition) is 7. The minimum absolute atomic E-state index is 0.0560. The van der Waals surface area contributed by atoms with Crippen molar-refractivity contribution in [2.75, 3.05) is 24.4 Å². The molecule has 1 fully saturated rings. The van der Waals surface area contributed by atoms with Crippen LogP contribution in [0.3, 0.4) is 0 Å². The van der Waals surface area contributed by atoms with Gasteiger partial charge in [0.1, 0.15) is 22.9 Å². The number of rotatable bonds is 7. The molecule has 3 aromatic rings. The van der Waals surface area contributed by atoms with Crippen LogP contribution in [0, 0.1) is 23.4 Å².